The molecular weight excluding hydrogens is 510 g/mol. The summed E-state index contributed by atoms with van der Waals surface area (Å²) in [6, 6.07) is 22.3. The van der Waals surface area contributed by atoms with Gasteiger partial charge in [-0.1, -0.05) is 47.6 Å². The fourth-order valence-corrected chi connectivity index (χ4v) is 4.60. The van der Waals surface area contributed by atoms with Crippen LogP contribution in [0.15, 0.2) is 82.9 Å². The maximum Gasteiger partial charge on any atom is 0.252 e. The Bertz CT molecular complexity index is 1390. The Balaban J connectivity index is 1.66. The molecule has 0 aliphatic carbocycles. The van der Waals surface area contributed by atoms with E-state index >= 15 is 0 Å². The number of aliphatic hydroxyl groups excluding tert-OH is 1. The van der Waals surface area contributed by atoms with Crippen LogP contribution in [0.3, 0.4) is 0 Å². The second-order valence-corrected chi connectivity index (χ2v) is 9.38. The normalized spacial score (nSPS) is 17.8. The first kappa shape index (κ1) is 28.5. The van der Waals surface area contributed by atoms with Crippen molar-refractivity contribution in [2.45, 2.75) is 44.5 Å². The summed E-state index contributed by atoms with van der Waals surface area (Å²) in [4.78, 5) is 21.8. The molecule has 1 amide bonds. The number of aliphatic hydroxyl groups is 1. The van der Waals surface area contributed by atoms with E-state index in [1.165, 1.54) is 0 Å². The third-order valence-corrected chi connectivity index (χ3v) is 6.84. The van der Waals surface area contributed by atoms with Crippen LogP contribution in [0.25, 0.3) is 10.4 Å². The molecule has 0 saturated heterocycles. The lowest BCUT2D eigenvalue weighted by molar-refractivity contribution is -0.128. The molecule has 0 radical (unpaired) electrons. The molecule has 3 aromatic rings. The van der Waals surface area contributed by atoms with Gasteiger partial charge in [0, 0.05) is 42.0 Å². The lowest BCUT2D eigenvalue weighted by atomic mass is 9.84. The SMILES string of the molecule is COc1ccccc1CNC(=O)[C@]1(Cc2ccccc2CN=[N+]=[N-])N=C(c2ccc(OCCCO)cc2)O[C@@H]1C. The minimum atomic E-state index is -1.28. The van der Waals surface area contributed by atoms with Gasteiger partial charge in [0.2, 0.25) is 5.90 Å². The van der Waals surface area contributed by atoms with Gasteiger partial charge in [0.05, 0.1) is 20.3 Å². The molecule has 2 atom stereocenters. The Labute approximate surface area is 233 Å². The lowest BCUT2D eigenvalue weighted by Gasteiger charge is -2.29. The fraction of sp³-hybridized carbons (Fsp3) is 0.333. The molecule has 40 heavy (non-hydrogen) atoms. The van der Waals surface area contributed by atoms with Gasteiger partial charge < -0.3 is 24.6 Å². The van der Waals surface area contributed by atoms with Gasteiger partial charge in [-0.15, -0.1) is 0 Å². The minimum Gasteiger partial charge on any atom is -0.496 e. The topological polar surface area (TPSA) is 138 Å². The van der Waals surface area contributed by atoms with Crippen molar-refractivity contribution < 1.29 is 24.1 Å². The maximum absolute atomic E-state index is 14.0. The molecule has 208 valence electrons. The number of ether oxygens (including phenoxy) is 3. The molecule has 3 aromatic carbocycles. The predicted molar refractivity (Wildman–Crippen MR) is 151 cm³/mol. The highest BCUT2D eigenvalue weighted by atomic mass is 16.5. The van der Waals surface area contributed by atoms with Crippen LogP contribution < -0.4 is 14.8 Å². The quantitative estimate of drug-likeness (QED) is 0.139. The molecule has 2 N–H and O–H groups in total. The van der Waals surface area contributed by atoms with Gasteiger partial charge in [0.15, 0.2) is 5.54 Å². The standard InChI is InChI=1S/C30H33N5O5/c1-21-30(18-23-8-3-4-9-24(23)20-33-35-31,29(37)32-19-25-10-5-6-11-27(25)38-2)34-28(40-21)22-12-14-26(15-13-22)39-17-7-16-36/h3-6,8-15,21,36H,7,16-20H2,1-2H3,(H,32,37)/t21-,30-/m1/s1. The number of rotatable bonds is 13. The maximum atomic E-state index is 14.0. The van der Waals surface area contributed by atoms with Gasteiger partial charge in [0.1, 0.15) is 17.6 Å². The number of carbonyl (C=O) groups excluding carboxylic acids is 1. The van der Waals surface area contributed by atoms with Crippen LogP contribution in [0.4, 0.5) is 0 Å². The summed E-state index contributed by atoms with van der Waals surface area (Å²) in [5, 5.41) is 15.8. The van der Waals surface area contributed by atoms with E-state index in [-0.39, 0.29) is 32.0 Å². The second-order valence-electron chi connectivity index (χ2n) is 9.38. The summed E-state index contributed by atoms with van der Waals surface area (Å²) in [5.74, 6) is 1.41. The first-order valence-corrected chi connectivity index (χ1v) is 13.1. The van der Waals surface area contributed by atoms with E-state index in [2.05, 4.69) is 15.3 Å². The zero-order valence-corrected chi connectivity index (χ0v) is 22.6. The van der Waals surface area contributed by atoms with Gasteiger partial charge in [0.25, 0.3) is 5.91 Å². The highest BCUT2D eigenvalue weighted by Gasteiger charge is 2.50. The number of methoxy groups -OCH3 is 1. The van der Waals surface area contributed by atoms with E-state index in [0.29, 0.717) is 36.0 Å². The zero-order valence-electron chi connectivity index (χ0n) is 22.6. The summed E-state index contributed by atoms with van der Waals surface area (Å²) < 4.78 is 17.3. The molecule has 10 heteroatoms. The van der Waals surface area contributed by atoms with Crippen molar-refractivity contribution in [3.8, 4) is 11.5 Å². The number of nitrogens with one attached hydrogen (secondary N) is 1. The van der Waals surface area contributed by atoms with Gasteiger partial charge in [-0.2, -0.15) is 0 Å². The smallest absolute Gasteiger partial charge is 0.252 e. The highest BCUT2D eigenvalue weighted by Crippen LogP contribution is 2.34. The van der Waals surface area contributed by atoms with E-state index in [0.717, 1.165) is 16.7 Å². The van der Waals surface area contributed by atoms with Gasteiger partial charge >= 0.3 is 0 Å². The Morgan fingerprint density at radius 1 is 1.10 bits per heavy atom. The van der Waals surface area contributed by atoms with E-state index in [9.17, 15) is 4.79 Å². The average molecular weight is 544 g/mol. The van der Waals surface area contributed by atoms with E-state index in [1.54, 1.807) is 19.2 Å². The number of benzene rings is 3. The molecule has 4 rings (SSSR count). The molecule has 1 aliphatic rings. The van der Waals surface area contributed by atoms with Crippen LogP contribution in [0.2, 0.25) is 0 Å². The number of carbonyl (C=O) groups is 1. The molecule has 0 aromatic heterocycles. The zero-order chi connectivity index (χ0) is 28.4. The molecular formula is C30H33N5O5. The van der Waals surface area contributed by atoms with Crippen molar-refractivity contribution >= 4 is 11.8 Å². The van der Waals surface area contributed by atoms with Crippen LogP contribution in [-0.2, 0) is 29.0 Å². The molecule has 10 nitrogen and oxygen atoms in total. The monoisotopic (exact) mass is 543 g/mol. The Morgan fingerprint density at radius 3 is 2.50 bits per heavy atom. The molecule has 0 saturated carbocycles. The van der Waals surface area contributed by atoms with Crippen molar-refractivity contribution in [2.75, 3.05) is 20.3 Å². The van der Waals surface area contributed by atoms with E-state index < -0.39 is 11.6 Å². The summed E-state index contributed by atoms with van der Waals surface area (Å²) in [5.41, 5.74) is 10.8. The number of azide groups is 1. The van der Waals surface area contributed by atoms with Crippen molar-refractivity contribution in [1.29, 1.82) is 0 Å². The second kappa shape index (κ2) is 13.5. The molecule has 0 unspecified atom stereocenters. The summed E-state index contributed by atoms with van der Waals surface area (Å²) in [6.45, 7) is 2.72. The number of para-hydroxylation sites is 1. The number of hydrogen-bond acceptors (Lipinski definition) is 7. The van der Waals surface area contributed by atoms with Crippen molar-refractivity contribution in [1.82, 2.24) is 5.32 Å². The van der Waals surface area contributed by atoms with Crippen LogP contribution in [0.1, 0.15) is 35.6 Å². The van der Waals surface area contributed by atoms with Crippen LogP contribution >= 0.6 is 0 Å². The minimum absolute atomic E-state index is 0.0633. The Kier molecular flexibility index (Phi) is 9.62. The van der Waals surface area contributed by atoms with Gasteiger partial charge in [-0.25, -0.2) is 4.99 Å². The van der Waals surface area contributed by atoms with Gasteiger partial charge in [-0.3, -0.25) is 4.79 Å². The van der Waals surface area contributed by atoms with Crippen molar-refractivity contribution in [3.05, 3.63) is 105 Å². The third kappa shape index (κ3) is 6.54. The predicted octanol–water partition coefficient (Wildman–Crippen LogP) is 4.73. The molecule has 1 heterocycles. The van der Waals surface area contributed by atoms with Crippen molar-refractivity contribution in [3.63, 3.8) is 0 Å². The summed E-state index contributed by atoms with van der Waals surface area (Å²) in [7, 11) is 1.59. The number of amides is 1. The Morgan fingerprint density at radius 2 is 1.80 bits per heavy atom. The van der Waals surface area contributed by atoms with Crippen LogP contribution in [0.5, 0.6) is 11.5 Å². The lowest BCUT2D eigenvalue weighted by Crippen LogP contribution is -2.52. The van der Waals surface area contributed by atoms with Gasteiger partial charge in [-0.05, 0) is 53.9 Å². The fourth-order valence-electron chi connectivity index (χ4n) is 4.60. The molecule has 0 spiro atoms. The molecule has 1 aliphatic heterocycles. The van der Waals surface area contributed by atoms with E-state index in [4.69, 9.17) is 29.8 Å². The first-order chi connectivity index (χ1) is 19.5. The third-order valence-electron chi connectivity index (χ3n) is 6.84. The average Bonchev–Trinajstić information content (AvgIpc) is 3.32. The molecule has 0 bridgehead atoms. The van der Waals surface area contributed by atoms with E-state index in [1.807, 2.05) is 67.6 Å². The number of nitrogens with zero attached hydrogens (tertiary/aromatic N) is 4. The summed E-state index contributed by atoms with van der Waals surface area (Å²) in [6.07, 6.45) is 0.200. The van der Waals surface area contributed by atoms with Crippen molar-refractivity contribution in [2.24, 2.45) is 10.1 Å². The highest BCUT2D eigenvalue weighted by molar-refractivity contribution is 6.01. The van der Waals surface area contributed by atoms with Crippen LogP contribution in [-0.4, -0.2) is 48.9 Å². The Hall–Kier alpha value is -4.53. The first-order valence-electron chi connectivity index (χ1n) is 13.1. The summed E-state index contributed by atoms with van der Waals surface area (Å²) >= 11 is 0. The molecule has 0 fully saturated rings. The number of aliphatic imine (C=N–C) groups is 1. The largest absolute Gasteiger partial charge is 0.496 e. The number of hydrogen-bond donors (Lipinski definition) is 2. The van der Waals surface area contributed by atoms with Crippen LogP contribution in [0, 0.1) is 0 Å².